The van der Waals surface area contributed by atoms with Gasteiger partial charge in [0, 0.05) is 14.1 Å². The topological polar surface area (TPSA) is 88.1 Å². The van der Waals surface area contributed by atoms with Crippen LogP contribution in [0.4, 0.5) is 11.9 Å². The molecule has 9 heteroatoms. The minimum Gasteiger partial charge on any atom is -0.347 e. The van der Waals surface area contributed by atoms with Gasteiger partial charge in [0.25, 0.3) is 10.0 Å². The van der Waals surface area contributed by atoms with Crippen LogP contribution >= 0.6 is 11.3 Å². The second-order valence-electron chi connectivity index (χ2n) is 4.40. The van der Waals surface area contributed by atoms with Gasteiger partial charge in [0.1, 0.15) is 10.0 Å². The number of aromatic nitrogens is 3. The van der Waals surface area contributed by atoms with Crippen LogP contribution in [0.5, 0.6) is 0 Å². The molecule has 0 aliphatic carbocycles. The molecule has 0 saturated heterocycles. The highest BCUT2D eigenvalue weighted by molar-refractivity contribution is 7.94. The Balaban J connectivity index is 2.37. The van der Waals surface area contributed by atoms with Crippen molar-refractivity contribution < 1.29 is 8.42 Å². The van der Waals surface area contributed by atoms with Gasteiger partial charge in [-0.2, -0.15) is 15.0 Å². The average Bonchev–Trinajstić information content (AvgIpc) is 2.74. The number of rotatable bonds is 4. The SMILES string of the molecule is Cc1nc(NS(=O)(=O)c2sccc2C)nc(N(C)C)n1. The van der Waals surface area contributed by atoms with Crippen molar-refractivity contribution in [2.24, 2.45) is 0 Å². The van der Waals surface area contributed by atoms with E-state index in [0.717, 1.165) is 11.3 Å². The summed E-state index contributed by atoms with van der Waals surface area (Å²) in [5.74, 6) is 0.872. The van der Waals surface area contributed by atoms with Crippen LogP contribution in [0.1, 0.15) is 11.4 Å². The number of nitrogens with one attached hydrogen (secondary N) is 1. The maximum Gasteiger partial charge on any atom is 0.273 e. The third-order valence-corrected chi connectivity index (χ3v) is 5.44. The van der Waals surface area contributed by atoms with E-state index >= 15 is 0 Å². The van der Waals surface area contributed by atoms with Crippen LogP contribution in [-0.4, -0.2) is 37.5 Å². The third kappa shape index (κ3) is 3.05. The van der Waals surface area contributed by atoms with Crippen molar-refractivity contribution >= 4 is 33.3 Å². The molecule has 20 heavy (non-hydrogen) atoms. The summed E-state index contributed by atoms with van der Waals surface area (Å²) in [6.45, 7) is 3.43. The molecule has 0 aromatic carbocycles. The van der Waals surface area contributed by atoms with Crippen molar-refractivity contribution in [1.29, 1.82) is 0 Å². The molecule has 0 atom stereocenters. The van der Waals surface area contributed by atoms with E-state index in [-0.39, 0.29) is 10.2 Å². The summed E-state index contributed by atoms with van der Waals surface area (Å²) in [7, 11) is -0.114. The van der Waals surface area contributed by atoms with Crippen molar-refractivity contribution in [1.82, 2.24) is 15.0 Å². The quantitative estimate of drug-likeness (QED) is 0.918. The zero-order valence-electron chi connectivity index (χ0n) is 11.6. The summed E-state index contributed by atoms with van der Waals surface area (Å²) in [6.07, 6.45) is 0. The molecule has 0 unspecified atom stereocenters. The monoisotopic (exact) mass is 313 g/mol. The molecular weight excluding hydrogens is 298 g/mol. The van der Waals surface area contributed by atoms with Crippen LogP contribution in [0.25, 0.3) is 0 Å². The highest BCUT2D eigenvalue weighted by Crippen LogP contribution is 2.23. The predicted molar refractivity (Wildman–Crippen MR) is 78.8 cm³/mol. The Morgan fingerprint density at radius 2 is 1.90 bits per heavy atom. The fraction of sp³-hybridized carbons (Fsp3) is 0.364. The third-order valence-electron chi connectivity index (χ3n) is 2.42. The molecule has 2 rings (SSSR count). The summed E-state index contributed by atoms with van der Waals surface area (Å²) in [6, 6.07) is 1.75. The maximum atomic E-state index is 12.3. The maximum absolute atomic E-state index is 12.3. The molecule has 0 aliphatic rings. The zero-order chi connectivity index (χ0) is 14.9. The molecule has 0 saturated carbocycles. The van der Waals surface area contributed by atoms with Gasteiger partial charge in [0.15, 0.2) is 0 Å². The zero-order valence-corrected chi connectivity index (χ0v) is 13.2. The van der Waals surface area contributed by atoms with Crippen LogP contribution < -0.4 is 9.62 Å². The summed E-state index contributed by atoms with van der Waals surface area (Å²) < 4.78 is 27.2. The molecule has 2 aromatic rings. The van der Waals surface area contributed by atoms with Gasteiger partial charge in [-0.3, -0.25) is 0 Å². The highest BCUT2D eigenvalue weighted by atomic mass is 32.2. The molecule has 0 amide bonds. The first-order valence-electron chi connectivity index (χ1n) is 5.76. The molecule has 0 fully saturated rings. The van der Waals surface area contributed by atoms with Crippen molar-refractivity contribution in [3.63, 3.8) is 0 Å². The first-order valence-corrected chi connectivity index (χ1v) is 8.13. The van der Waals surface area contributed by atoms with E-state index < -0.39 is 10.0 Å². The predicted octanol–water partition coefficient (Wildman–Crippen LogP) is 1.42. The number of hydrogen-bond acceptors (Lipinski definition) is 7. The van der Waals surface area contributed by atoms with Crippen molar-refractivity contribution in [3.05, 3.63) is 22.8 Å². The first kappa shape index (κ1) is 14.7. The van der Waals surface area contributed by atoms with E-state index in [0.29, 0.717) is 17.3 Å². The van der Waals surface area contributed by atoms with Gasteiger partial charge >= 0.3 is 0 Å². The summed E-state index contributed by atoms with van der Waals surface area (Å²) in [5, 5.41) is 1.73. The number of hydrogen-bond donors (Lipinski definition) is 1. The van der Waals surface area contributed by atoms with E-state index in [9.17, 15) is 8.42 Å². The molecule has 0 aliphatic heterocycles. The molecule has 7 nitrogen and oxygen atoms in total. The number of sulfonamides is 1. The van der Waals surface area contributed by atoms with E-state index in [1.807, 2.05) is 0 Å². The lowest BCUT2D eigenvalue weighted by Gasteiger charge is -2.12. The van der Waals surface area contributed by atoms with E-state index in [1.165, 1.54) is 0 Å². The first-order chi connectivity index (χ1) is 9.29. The minimum atomic E-state index is -3.66. The highest BCUT2D eigenvalue weighted by Gasteiger charge is 2.20. The van der Waals surface area contributed by atoms with Gasteiger partial charge in [-0.05, 0) is 30.9 Å². The largest absolute Gasteiger partial charge is 0.347 e. The van der Waals surface area contributed by atoms with Gasteiger partial charge < -0.3 is 4.90 Å². The fourth-order valence-electron chi connectivity index (χ4n) is 1.51. The Hall–Kier alpha value is -1.74. The lowest BCUT2D eigenvalue weighted by atomic mass is 10.4. The Morgan fingerprint density at radius 3 is 2.45 bits per heavy atom. The number of aryl methyl sites for hydroxylation is 2. The van der Waals surface area contributed by atoms with Crippen LogP contribution in [0.15, 0.2) is 15.7 Å². The summed E-state index contributed by atoms with van der Waals surface area (Å²) in [5.41, 5.74) is 0.695. The standard InChI is InChI=1S/C11H15N5O2S2/c1-7-5-6-19-9(7)20(17,18)15-10-12-8(2)13-11(14-10)16(3)4/h5-6H,1-4H3,(H,12,13,14,15). The normalized spacial score (nSPS) is 11.4. The van der Waals surface area contributed by atoms with Gasteiger partial charge in [-0.25, -0.2) is 13.1 Å². The number of nitrogens with zero attached hydrogens (tertiary/aromatic N) is 4. The number of anilines is 2. The smallest absolute Gasteiger partial charge is 0.273 e. The van der Waals surface area contributed by atoms with E-state index in [1.54, 1.807) is 44.3 Å². The Bertz CT molecular complexity index is 724. The van der Waals surface area contributed by atoms with Crippen molar-refractivity contribution in [2.45, 2.75) is 18.1 Å². The second-order valence-corrected chi connectivity index (χ2v) is 7.19. The lowest BCUT2D eigenvalue weighted by Crippen LogP contribution is -2.19. The van der Waals surface area contributed by atoms with Crippen LogP contribution in [-0.2, 0) is 10.0 Å². The molecule has 0 spiro atoms. The second kappa shape index (κ2) is 5.33. The van der Waals surface area contributed by atoms with Gasteiger partial charge in [0.2, 0.25) is 11.9 Å². The number of thiophene rings is 1. The van der Waals surface area contributed by atoms with Crippen LogP contribution in [0, 0.1) is 13.8 Å². The molecule has 108 valence electrons. The Kier molecular flexibility index (Phi) is 3.91. The van der Waals surface area contributed by atoms with Gasteiger partial charge in [0.05, 0.1) is 0 Å². The van der Waals surface area contributed by atoms with E-state index in [2.05, 4.69) is 19.7 Å². The lowest BCUT2D eigenvalue weighted by molar-refractivity contribution is 0.602. The summed E-state index contributed by atoms with van der Waals surface area (Å²) >= 11 is 1.16. The Morgan fingerprint density at radius 1 is 1.20 bits per heavy atom. The Labute approximate surface area is 121 Å². The molecule has 1 N–H and O–H groups in total. The fourth-order valence-corrected chi connectivity index (χ4v) is 3.88. The van der Waals surface area contributed by atoms with Crippen LogP contribution in [0.2, 0.25) is 0 Å². The molecule has 2 aromatic heterocycles. The van der Waals surface area contributed by atoms with Gasteiger partial charge in [-0.1, -0.05) is 0 Å². The molecule has 2 heterocycles. The molecule has 0 bridgehead atoms. The minimum absolute atomic E-state index is 0.0222. The van der Waals surface area contributed by atoms with Crippen LogP contribution in [0.3, 0.4) is 0 Å². The average molecular weight is 313 g/mol. The molecule has 0 radical (unpaired) electrons. The van der Waals surface area contributed by atoms with Crippen molar-refractivity contribution in [3.8, 4) is 0 Å². The molecular formula is C11H15N5O2S2. The van der Waals surface area contributed by atoms with Gasteiger partial charge in [-0.15, -0.1) is 11.3 Å². The van der Waals surface area contributed by atoms with Crippen molar-refractivity contribution in [2.75, 3.05) is 23.7 Å². The summed E-state index contributed by atoms with van der Waals surface area (Å²) in [4.78, 5) is 13.9. The van der Waals surface area contributed by atoms with E-state index in [4.69, 9.17) is 0 Å².